The Bertz CT molecular complexity index is 495. The third-order valence-corrected chi connectivity index (χ3v) is 2.97. The van der Waals surface area contributed by atoms with Crippen molar-refractivity contribution in [1.82, 2.24) is 15.0 Å². The number of hydrogen-bond donors (Lipinski definition) is 1. The summed E-state index contributed by atoms with van der Waals surface area (Å²) in [5.41, 5.74) is 0.892. The molecule has 0 radical (unpaired) electrons. The van der Waals surface area contributed by atoms with Crippen molar-refractivity contribution in [2.75, 3.05) is 24.7 Å². The van der Waals surface area contributed by atoms with Gasteiger partial charge in [-0.15, -0.1) is 0 Å². The normalized spacial score (nSPS) is 21.6. The highest BCUT2D eigenvalue weighted by Gasteiger charge is 2.22. The minimum Gasteiger partial charge on any atom is -0.377 e. The van der Waals surface area contributed by atoms with E-state index in [9.17, 15) is 0 Å². The molecule has 0 aromatic carbocycles. The van der Waals surface area contributed by atoms with Crippen molar-refractivity contribution >= 4 is 16.9 Å². The number of fused-ring (bicyclic) bond motifs is 1. The Balaban J connectivity index is 2.07. The molecule has 1 saturated heterocycles. The molecule has 1 atom stereocenters. The summed E-state index contributed by atoms with van der Waals surface area (Å²) in [5, 5.41) is 1.08. The third kappa shape index (κ3) is 1.44. The van der Waals surface area contributed by atoms with Crippen LogP contribution in [-0.4, -0.2) is 40.8 Å². The molecule has 5 nitrogen and oxygen atoms in total. The van der Waals surface area contributed by atoms with Gasteiger partial charge in [0, 0.05) is 12.7 Å². The number of nitrogens with zero attached hydrogens (tertiary/aromatic N) is 3. The molecule has 0 saturated carbocycles. The quantitative estimate of drug-likeness (QED) is 0.781. The number of ether oxygens (including phenoxy) is 1. The molecular weight excluding hydrogens is 204 g/mol. The highest BCUT2D eigenvalue weighted by molar-refractivity contribution is 5.87. The lowest BCUT2D eigenvalue weighted by molar-refractivity contribution is 0.0987. The van der Waals surface area contributed by atoms with Gasteiger partial charge in [-0.25, -0.2) is 9.97 Å². The number of aromatic amines is 1. The molecular formula is C11H14N4O. The summed E-state index contributed by atoms with van der Waals surface area (Å²) in [6.45, 7) is 4.56. The van der Waals surface area contributed by atoms with Crippen LogP contribution in [0.2, 0.25) is 0 Å². The van der Waals surface area contributed by atoms with E-state index in [0.717, 1.165) is 36.6 Å². The van der Waals surface area contributed by atoms with Gasteiger partial charge in [-0.2, -0.15) is 0 Å². The first-order valence-electron chi connectivity index (χ1n) is 5.49. The maximum Gasteiger partial charge on any atom is 0.142 e. The second-order valence-corrected chi connectivity index (χ2v) is 4.05. The lowest BCUT2D eigenvalue weighted by Crippen LogP contribution is -2.44. The zero-order chi connectivity index (χ0) is 11.0. The Kier molecular flexibility index (Phi) is 2.25. The molecule has 2 aromatic heterocycles. The third-order valence-electron chi connectivity index (χ3n) is 2.97. The SMILES string of the molecule is C[C@H]1COCCN1c1ncnc2[nH]ccc12. The Hall–Kier alpha value is -1.62. The van der Waals surface area contributed by atoms with Gasteiger partial charge in [0.15, 0.2) is 0 Å². The van der Waals surface area contributed by atoms with Gasteiger partial charge in [-0.05, 0) is 13.0 Å². The lowest BCUT2D eigenvalue weighted by Gasteiger charge is -2.34. The van der Waals surface area contributed by atoms with Crippen LogP contribution < -0.4 is 4.90 Å². The second-order valence-electron chi connectivity index (χ2n) is 4.05. The fourth-order valence-electron chi connectivity index (χ4n) is 2.13. The molecule has 3 heterocycles. The molecule has 0 spiro atoms. The first kappa shape index (κ1) is 9.59. The van der Waals surface area contributed by atoms with Crippen molar-refractivity contribution in [3.63, 3.8) is 0 Å². The van der Waals surface area contributed by atoms with Crippen LogP contribution in [-0.2, 0) is 4.74 Å². The van der Waals surface area contributed by atoms with Crippen molar-refractivity contribution in [3.8, 4) is 0 Å². The molecule has 0 unspecified atom stereocenters. The van der Waals surface area contributed by atoms with E-state index >= 15 is 0 Å². The van der Waals surface area contributed by atoms with E-state index in [1.807, 2.05) is 12.3 Å². The maximum atomic E-state index is 5.43. The Morgan fingerprint density at radius 2 is 2.44 bits per heavy atom. The van der Waals surface area contributed by atoms with E-state index in [0.29, 0.717) is 6.04 Å². The summed E-state index contributed by atoms with van der Waals surface area (Å²) < 4.78 is 5.43. The summed E-state index contributed by atoms with van der Waals surface area (Å²) in [5.74, 6) is 1.00. The number of rotatable bonds is 1. The number of morpholine rings is 1. The number of anilines is 1. The molecule has 1 N–H and O–H groups in total. The molecule has 2 aromatic rings. The first-order chi connectivity index (χ1) is 7.86. The predicted octanol–water partition coefficient (Wildman–Crippen LogP) is 1.18. The molecule has 84 valence electrons. The van der Waals surface area contributed by atoms with Crippen molar-refractivity contribution < 1.29 is 4.74 Å². The highest BCUT2D eigenvalue weighted by Crippen LogP contribution is 2.24. The first-order valence-corrected chi connectivity index (χ1v) is 5.49. The number of aromatic nitrogens is 3. The van der Waals surface area contributed by atoms with E-state index in [1.54, 1.807) is 6.33 Å². The number of H-pyrrole nitrogens is 1. The molecule has 1 fully saturated rings. The van der Waals surface area contributed by atoms with E-state index in [4.69, 9.17) is 4.74 Å². The van der Waals surface area contributed by atoms with E-state index < -0.39 is 0 Å². The van der Waals surface area contributed by atoms with Crippen molar-refractivity contribution in [3.05, 3.63) is 18.6 Å². The topological polar surface area (TPSA) is 54.0 Å². The largest absolute Gasteiger partial charge is 0.377 e. The van der Waals surface area contributed by atoms with E-state index in [1.165, 1.54) is 0 Å². The minimum atomic E-state index is 0.363. The van der Waals surface area contributed by atoms with Gasteiger partial charge in [-0.3, -0.25) is 0 Å². The molecule has 5 heteroatoms. The van der Waals surface area contributed by atoms with Crippen LogP contribution in [0.1, 0.15) is 6.92 Å². The summed E-state index contributed by atoms with van der Waals surface area (Å²) in [6.07, 6.45) is 3.50. The van der Waals surface area contributed by atoms with Gasteiger partial charge >= 0.3 is 0 Å². The van der Waals surface area contributed by atoms with E-state index in [2.05, 4.69) is 26.8 Å². The molecule has 3 rings (SSSR count). The van der Waals surface area contributed by atoms with Gasteiger partial charge < -0.3 is 14.6 Å². The van der Waals surface area contributed by atoms with Gasteiger partial charge in [0.2, 0.25) is 0 Å². The Labute approximate surface area is 93.5 Å². The van der Waals surface area contributed by atoms with Gasteiger partial charge in [0.25, 0.3) is 0 Å². The fourth-order valence-corrected chi connectivity index (χ4v) is 2.13. The molecule has 1 aliphatic rings. The number of hydrogen-bond acceptors (Lipinski definition) is 4. The molecule has 0 bridgehead atoms. The zero-order valence-corrected chi connectivity index (χ0v) is 9.18. The average Bonchev–Trinajstić information content (AvgIpc) is 2.77. The van der Waals surface area contributed by atoms with Crippen molar-refractivity contribution in [2.24, 2.45) is 0 Å². The summed E-state index contributed by atoms with van der Waals surface area (Å²) >= 11 is 0. The van der Waals surface area contributed by atoms with Gasteiger partial charge in [-0.1, -0.05) is 0 Å². The van der Waals surface area contributed by atoms with Crippen LogP contribution in [0.4, 0.5) is 5.82 Å². The van der Waals surface area contributed by atoms with E-state index in [-0.39, 0.29) is 0 Å². The summed E-state index contributed by atoms with van der Waals surface area (Å²) in [7, 11) is 0. The van der Waals surface area contributed by atoms with Crippen LogP contribution in [0, 0.1) is 0 Å². The van der Waals surface area contributed by atoms with Crippen LogP contribution in [0.15, 0.2) is 18.6 Å². The van der Waals surface area contributed by atoms with Crippen LogP contribution in [0.25, 0.3) is 11.0 Å². The molecule has 0 amide bonds. The molecule has 1 aliphatic heterocycles. The highest BCUT2D eigenvalue weighted by atomic mass is 16.5. The Morgan fingerprint density at radius 3 is 3.31 bits per heavy atom. The standard InChI is InChI=1S/C11H14N4O/c1-8-6-16-5-4-15(8)11-9-2-3-12-10(9)13-7-14-11/h2-3,7-8H,4-6H2,1H3,(H,12,13,14)/t8-/m0/s1. The summed E-state index contributed by atoms with van der Waals surface area (Å²) in [6, 6.07) is 2.38. The van der Waals surface area contributed by atoms with Crippen molar-refractivity contribution in [2.45, 2.75) is 13.0 Å². The van der Waals surface area contributed by atoms with Crippen LogP contribution >= 0.6 is 0 Å². The average molecular weight is 218 g/mol. The smallest absolute Gasteiger partial charge is 0.142 e. The van der Waals surface area contributed by atoms with Crippen molar-refractivity contribution in [1.29, 1.82) is 0 Å². The lowest BCUT2D eigenvalue weighted by atomic mass is 10.2. The minimum absolute atomic E-state index is 0.363. The van der Waals surface area contributed by atoms with Crippen LogP contribution in [0.5, 0.6) is 0 Å². The van der Waals surface area contributed by atoms with Gasteiger partial charge in [0.1, 0.15) is 17.8 Å². The second kappa shape index (κ2) is 3.75. The zero-order valence-electron chi connectivity index (χ0n) is 9.18. The maximum absolute atomic E-state index is 5.43. The molecule has 0 aliphatic carbocycles. The van der Waals surface area contributed by atoms with Gasteiger partial charge in [0.05, 0.1) is 24.6 Å². The monoisotopic (exact) mass is 218 g/mol. The summed E-state index contributed by atoms with van der Waals surface area (Å²) in [4.78, 5) is 14.0. The predicted molar refractivity (Wildman–Crippen MR) is 61.5 cm³/mol. The number of nitrogens with one attached hydrogen (secondary N) is 1. The van der Waals surface area contributed by atoms with Crippen LogP contribution in [0.3, 0.4) is 0 Å². The fraction of sp³-hybridized carbons (Fsp3) is 0.455. The molecule has 16 heavy (non-hydrogen) atoms. The Morgan fingerprint density at radius 1 is 1.50 bits per heavy atom.